The Morgan fingerprint density at radius 2 is 1.97 bits per heavy atom. The predicted molar refractivity (Wildman–Crippen MR) is 112 cm³/mol. The molecule has 3 aromatic rings. The number of nitro benzene ring substituents is 1. The van der Waals surface area contributed by atoms with Crippen LogP contribution in [0, 0.1) is 10.1 Å². The topological polar surface area (TPSA) is 94.8 Å². The number of rotatable bonds is 3. The van der Waals surface area contributed by atoms with E-state index in [2.05, 4.69) is 0 Å². The fourth-order valence-electron chi connectivity index (χ4n) is 4.00. The second kappa shape index (κ2) is 7.56. The third kappa shape index (κ3) is 3.35. The summed E-state index contributed by atoms with van der Waals surface area (Å²) in [5.41, 5.74) is 0.740. The lowest BCUT2D eigenvalue weighted by atomic mass is 9.97. The van der Waals surface area contributed by atoms with E-state index in [1.165, 1.54) is 12.1 Å². The lowest BCUT2D eigenvalue weighted by Crippen LogP contribution is -2.39. The summed E-state index contributed by atoms with van der Waals surface area (Å²) in [5, 5.41) is 12.6. The van der Waals surface area contributed by atoms with Crippen molar-refractivity contribution < 1.29 is 19.2 Å². The average molecular weight is 425 g/mol. The van der Waals surface area contributed by atoms with Crippen LogP contribution in [-0.2, 0) is 0 Å². The van der Waals surface area contributed by atoms with Crippen molar-refractivity contribution in [2.75, 3.05) is 26.3 Å². The predicted octanol–water partition coefficient (Wildman–Crippen LogP) is 4.00. The summed E-state index contributed by atoms with van der Waals surface area (Å²) in [4.78, 5) is 30.8. The molecular formula is C21H19N3O5S. The Kier molecular flexibility index (Phi) is 4.74. The van der Waals surface area contributed by atoms with E-state index in [0.717, 1.165) is 28.1 Å². The molecule has 0 unspecified atom stereocenters. The number of hydrogen-bond acceptors (Lipinski definition) is 7. The Morgan fingerprint density at radius 3 is 2.73 bits per heavy atom. The van der Waals surface area contributed by atoms with Gasteiger partial charge in [-0.25, -0.2) is 4.98 Å². The van der Waals surface area contributed by atoms with Crippen molar-refractivity contribution in [3.63, 3.8) is 0 Å². The standard InChI is InChI=1S/C21H19N3O5S/c25-21(14-10-17-18(29-9-8-28-17)11-16(14)24(26)27)23-7-3-4-13(12-23)20-22-15-5-1-2-6-19(15)30-20/h1-2,5-6,10-11,13H,3-4,7-9,12H2/t13-/m0/s1. The molecule has 2 aliphatic rings. The van der Waals surface area contributed by atoms with E-state index in [9.17, 15) is 14.9 Å². The highest BCUT2D eigenvalue weighted by Crippen LogP contribution is 2.38. The molecule has 1 fully saturated rings. The van der Waals surface area contributed by atoms with Gasteiger partial charge < -0.3 is 14.4 Å². The summed E-state index contributed by atoms with van der Waals surface area (Å²) in [6.07, 6.45) is 1.76. The largest absolute Gasteiger partial charge is 0.486 e. The van der Waals surface area contributed by atoms with Gasteiger partial charge in [-0.15, -0.1) is 11.3 Å². The number of fused-ring (bicyclic) bond motifs is 2. The van der Waals surface area contributed by atoms with E-state index in [4.69, 9.17) is 14.5 Å². The SMILES string of the molecule is O=C(c1cc2c(cc1[N+](=O)[O-])OCCO2)N1CCC[C@H](c2nc3ccccc3s2)C1. The first-order chi connectivity index (χ1) is 14.6. The summed E-state index contributed by atoms with van der Waals surface area (Å²) in [6.45, 7) is 1.73. The molecule has 0 aliphatic carbocycles. The Hall–Kier alpha value is -3.20. The molecule has 5 rings (SSSR count). The third-order valence-electron chi connectivity index (χ3n) is 5.46. The minimum Gasteiger partial charge on any atom is -0.486 e. The van der Waals surface area contributed by atoms with Crippen LogP contribution in [0.1, 0.15) is 34.1 Å². The van der Waals surface area contributed by atoms with Crippen LogP contribution in [0.5, 0.6) is 11.5 Å². The van der Waals surface area contributed by atoms with Crippen LogP contribution in [0.3, 0.4) is 0 Å². The van der Waals surface area contributed by atoms with Gasteiger partial charge in [-0.3, -0.25) is 14.9 Å². The number of hydrogen-bond donors (Lipinski definition) is 0. The number of para-hydroxylation sites is 1. The maximum atomic E-state index is 13.3. The summed E-state index contributed by atoms with van der Waals surface area (Å²) < 4.78 is 12.1. The Balaban J connectivity index is 1.44. The third-order valence-corrected chi connectivity index (χ3v) is 6.65. The molecule has 8 nitrogen and oxygen atoms in total. The van der Waals surface area contributed by atoms with Crippen LogP contribution in [0.15, 0.2) is 36.4 Å². The summed E-state index contributed by atoms with van der Waals surface area (Å²) in [7, 11) is 0. The van der Waals surface area contributed by atoms with Crippen molar-refractivity contribution >= 4 is 33.1 Å². The van der Waals surface area contributed by atoms with E-state index in [1.807, 2.05) is 24.3 Å². The van der Waals surface area contributed by atoms with Crippen LogP contribution in [0.4, 0.5) is 5.69 Å². The zero-order chi connectivity index (χ0) is 20.7. The van der Waals surface area contributed by atoms with Gasteiger partial charge in [0.25, 0.3) is 11.6 Å². The first-order valence-corrected chi connectivity index (χ1v) is 10.6. The number of ether oxygens (including phenoxy) is 2. The highest BCUT2D eigenvalue weighted by atomic mass is 32.1. The second-order valence-electron chi connectivity index (χ2n) is 7.38. The zero-order valence-electron chi connectivity index (χ0n) is 16.1. The molecule has 1 saturated heterocycles. The van der Waals surface area contributed by atoms with Crippen molar-refractivity contribution in [2.24, 2.45) is 0 Å². The van der Waals surface area contributed by atoms with Crippen LogP contribution in [-0.4, -0.2) is 47.0 Å². The number of nitro groups is 1. The lowest BCUT2D eigenvalue weighted by Gasteiger charge is -2.32. The van der Waals surface area contributed by atoms with Crippen LogP contribution < -0.4 is 9.47 Å². The van der Waals surface area contributed by atoms with Crippen molar-refractivity contribution in [2.45, 2.75) is 18.8 Å². The Morgan fingerprint density at radius 1 is 1.20 bits per heavy atom. The number of benzene rings is 2. The van der Waals surface area contributed by atoms with Crippen LogP contribution in [0.2, 0.25) is 0 Å². The van der Waals surface area contributed by atoms with Gasteiger partial charge >= 0.3 is 0 Å². The number of thiazole rings is 1. The molecule has 2 aromatic carbocycles. The number of carbonyl (C=O) groups excluding carboxylic acids is 1. The molecule has 0 spiro atoms. The van der Waals surface area contributed by atoms with Crippen molar-refractivity contribution in [1.29, 1.82) is 0 Å². The van der Waals surface area contributed by atoms with Crippen molar-refractivity contribution in [3.8, 4) is 11.5 Å². The first-order valence-electron chi connectivity index (χ1n) is 9.83. The van der Waals surface area contributed by atoms with E-state index >= 15 is 0 Å². The van der Waals surface area contributed by atoms with Gasteiger partial charge in [-0.05, 0) is 25.0 Å². The molecule has 9 heteroatoms. The highest BCUT2D eigenvalue weighted by molar-refractivity contribution is 7.18. The quantitative estimate of drug-likeness (QED) is 0.465. The monoisotopic (exact) mass is 425 g/mol. The van der Waals surface area contributed by atoms with Gasteiger partial charge in [0.2, 0.25) is 0 Å². The fourth-order valence-corrected chi connectivity index (χ4v) is 5.09. The minimum atomic E-state index is -0.541. The Bertz CT molecular complexity index is 1110. The summed E-state index contributed by atoms with van der Waals surface area (Å²) in [5.74, 6) is 0.436. The molecule has 0 N–H and O–H groups in total. The molecule has 1 atom stereocenters. The molecular weight excluding hydrogens is 406 g/mol. The molecule has 0 radical (unpaired) electrons. The number of likely N-dealkylation sites (tertiary alicyclic amines) is 1. The highest BCUT2D eigenvalue weighted by Gasteiger charge is 2.32. The van der Waals surface area contributed by atoms with E-state index in [1.54, 1.807) is 16.2 Å². The normalized spacial score (nSPS) is 18.4. The zero-order valence-corrected chi connectivity index (χ0v) is 16.9. The van der Waals surface area contributed by atoms with Gasteiger partial charge in [0.1, 0.15) is 18.8 Å². The molecule has 154 valence electrons. The van der Waals surface area contributed by atoms with Gasteiger partial charge in [0.05, 0.1) is 26.2 Å². The lowest BCUT2D eigenvalue weighted by molar-refractivity contribution is -0.385. The number of aromatic nitrogens is 1. The maximum Gasteiger partial charge on any atom is 0.286 e. The van der Waals surface area contributed by atoms with Gasteiger partial charge in [-0.1, -0.05) is 12.1 Å². The van der Waals surface area contributed by atoms with Crippen LogP contribution in [0.25, 0.3) is 10.2 Å². The van der Waals surface area contributed by atoms with Gasteiger partial charge in [0.15, 0.2) is 11.5 Å². The number of amides is 1. The van der Waals surface area contributed by atoms with Gasteiger partial charge in [0, 0.05) is 25.1 Å². The molecule has 3 heterocycles. The molecule has 1 aromatic heterocycles. The maximum absolute atomic E-state index is 13.3. The Labute approximate surface area is 176 Å². The molecule has 0 bridgehead atoms. The summed E-state index contributed by atoms with van der Waals surface area (Å²) in [6, 6.07) is 10.7. The number of piperidine rings is 1. The molecule has 2 aliphatic heterocycles. The van der Waals surface area contributed by atoms with Gasteiger partial charge in [-0.2, -0.15) is 0 Å². The van der Waals surface area contributed by atoms with E-state index < -0.39 is 4.92 Å². The summed E-state index contributed by atoms with van der Waals surface area (Å²) >= 11 is 1.65. The molecule has 1 amide bonds. The second-order valence-corrected chi connectivity index (χ2v) is 8.44. The fraction of sp³-hybridized carbons (Fsp3) is 0.333. The van der Waals surface area contributed by atoms with Crippen molar-refractivity contribution in [1.82, 2.24) is 9.88 Å². The van der Waals surface area contributed by atoms with Crippen LogP contribution >= 0.6 is 11.3 Å². The number of carbonyl (C=O) groups is 1. The van der Waals surface area contributed by atoms with E-state index in [0.29, 0.717) is 37.8 Å². The van der Waals surface area contributed by atoms with Crippen molar-refractivity contribution in [3.05, 3.63) is 57.1 Å². The molecule has 30 heavy (non-hydrogen) atoms. The molecule has 0 saturated carbocycles. The smallest absolute Gasteiger partial charge is 0.286 e. The van der Waals surface area contributed by atoms with E-state index in [-0.39, 0.29) is 23.1 Å². The number of nitrogens with zero attached hydrogens (tertiary/aromatic N) is 3. The minimum absolute atomic E-state index is 0.0363. The first kappa shape index (κ1) is 18.8. The average Bonchev–Trinajstić information content (AvgIpc) is 3.22.